The molecule has 0 aromatic carbocycles. The van der Waals surface area contributed by atoms with Gasteiger partial charge < -0.3 is 5.32 Å². The SMILES string of the molecule is Cc1sc2nc(SCC(=O)NC3(C#N)CCCC3)n(CC(C)C)c(=O)c2c1C. The molecule has 2 aromatic rings. The van der Waals surface area contributed by atoms with E-state index in [0.717, 1.165) is 28.1 Å². The van der Waals surface area contributed by atoms with Crippen molar-refractivity contribution in [1.82, 2.24) is 14.9 Å². The third kappa shape index (κ3) is 4.11. The molecule has 0 bridgehead atoms. The second-order valence-electron chi connectivity index (χ2n) is 7.91. The van der Waals surface area contributed by atoms with Crippen molar-refractivity contribution < 1.29 is 4.79 Å². The van der Waals surface area contributed by atoms with Crippen LogP contribution < -0.4 is 10.9 Å². The summed E-state index contributed by atoms with van der Waals surface area (Å²) in [4.78, 5) is 32.1. The Morgan fingerprint density at radius 3 is 2.68 bits per heavy atom. The molecule has 0 spiro atoms. The fraction of sp³-hybridized carbons (Fsp3) is 0.600. The van der Waals surface area contributed by atoms with Crippen molar-refractivity contribution >= 4 is 39.2 Å². The molecule has 1 aliphatic rings. The number of carbonyl (C=O) groups is 1. The van der Waals surface area contributed by atoms with Gasteiger partial charge in [0.25, 0.3) is 5.56 Å². The van der Waals surface area contributed by atoms with E-state index in [2.05, 4.69) is 25.2 Å². The van der Waals surface area contributed by atoms with Gasteiger partial charge in [-0.3, -0.25) is 14.2 Å². The summed E-state index contributed by atoms with van der Waals surface area (Å²) in [5.74, 6) is 0.242. The van der Waals surface area contributed by atoms with Crippen molar-refractivity contribution in [2.24, 2.45) is 5.92 Å². The van der Waals surface area contributed by atoms with Crippen LogP contribution in [0.2, 0.25) is 0 Å². The number of hydrogen-bond donors (Lipinski definition) is 1. The number of nitrogens with zero attached hydrogens (tertiary/aromatic N) is 3. The standard InChI is InChI=1S/C20H26N4O2S2/c1-12(2)9-24-18(26)16-13(3)14(4)28-17(16)22-19(24)27-10-15(25)23-20(11-21)7-5-6-8-20/h12H,5-10H2,1-4H3,(H,23,25). The van der Waals surface area contributed by atoms with Gasteiger partial charge in [0, 0.05) is 11.4 Å². The minimum absolute atomic E-state index is 0.0345. The second-order valence-corrected chi connectivity index (χ2v) is 10.1. The molecule has 0 atom stereocenters. The third-order valence-electron chi connectivity index (χ3n) is 5.18. The number of thiophene rings is 1. The Hall–Kier alpha value is -1.85. The normalized spacial score (nSPS) is 15.9. The van der Waals surface area contributed by atoms with Gasteiger partial charge in [-0.15, -0.1) is 11.3 Å². The van der Waals surface area contributed by atoms with E-state index in [-0.39, 0.29) is 23.1 Å². The van der Waals surface area contributed by atoms with Crippen LogP contribution in [0.5, 0.6) is 0 Å². The average Bonchev–Trinajstić information content (AvgIpc) is 3.21. The Labute approximate surface area is 173 Å². The van der Waals surface area contributed by atoms with Gasteiger partial charge in [0.1, 0.15) is 10.4 Å². The van der Waals surface area contributed by atoms with E-state index < -0.39 is 5.54 Å². The number of thioether (sulfide) groups is 1. The topological polar surface area (TPSA) is 87.8 Å². The van der Waals surface area contributed by atoms with Gasteiger partial charge in [-0.2, -0.15) is 5.26 Å². The maximum absolute atomic E-state index is 13.1. The van der Waals surface area contributed by atoms with Gasteiger partial charge in [0.2, 0.25) is 5.91 Å². The lowest BCUT2D eigenvalue weighted by molar-refractivity contribution is -0.119. The summed E-state index contributed by atoms with van der Waals surface area (Å²) in [5, 5.41) is 13.6. The summed E-state index contributed by atoms with van der Waals surface area (Å²) < 4.78 is 1.69. The summed E-state index contributed by atoms with van der Waals surface area (Å²) in [5.41, 5.74) is 0.225. The number of nitrogens with one attached hydrogen (secondary N) is 1. The van der Waals surface area contributed by atoms with Crippen molar-refractivity contribution in [3.8, 4) is 6.07 Å². The molecule has 1 fully saturated rings. The third-order valence-corrected chi connectivity index (χ3v) is 7.26. The van der Waals surface area contributed by atoms with E-state index in [0.29, 0.717) is 29.9 Å². The number of carbonyl (C=O) groups excluding carboxylic acids is 1. The van der Waals surface area contributed by atoms with Crippen LogP contribution in [-0.2, 0) is 11.3 Å². The summed E-state index contributed by atoms with van der Waals surface area (Å²) >= 11 is 2.79. The largest absolute Gasteiger partial charge is 0.337 e. The summed E-state index contributed by atoms with van der Waals surface area (Å²) in [6.07, 6.45) is 3.33. The van der Waals surface area contributed by atoms with Gasteiger partial charge in [0.05, 0.1) is 17.2 Å². The highest BCUT2D eigenvalue weighted by Gasteiger charge is 2.35. The highest BCUT2D eigenvalue weighted by atomic mass is 32.2. The summed E-state index contributed by atoms with van der Waals surface area (Å²) in [7, 11) is 0. The van der Waals surface area contributed by atoms with Crippen molar-refractivity contribution in [2.45, 2.75) is 70.6 Å². The fourth-order valence-electron chi connectivity index (χ4n) is 3.62. The Balaban J connectivity index is 1.86. The van der Waals surface area contributed by atoms with Gasteiger partial charge in [0.15, 0.2) is 5.16 Å². The molecule has 0 radical (unpaired) electrons. The van der Waals surface area contributed by atoms with Gasteiger partial charge in [-0.1, -0.05) is 25.6 Å². The molecule has 6 nitrogen and oxygen atoms in total. The maximum Gasteiger partial charge on any atom is 0.263 e. The molecule has 1 aliphatic carbocycles. The Morgan fingerprint density at radius 1 is 1.39 bits per heavy atom. The van der Waals surface area contributed by atoms with E-state index in [4.69, 9.17) is 4.98 Å². The van der Waals surface area contributed by atoms with Crippen molar-refractivity contribution in [3.05, 3.63) is 20.8 Å². The first kappa shape index (κ1) is 20.9. The van der Waals surface area contributed by atoms with Gasteiger partial charge in [-0.05, 0) is 51.0 Å². The number of aryl methyl sites for hydroxylation is 2. The molecule has 0 aliphatic heterocycles. The first-order valence-electron chi connectivity index (χ1n) is 9.62. The molecule has 1 N–H and O–H groups in total. The smallest absolute Gasteiger partial charge is 0.263 e. The number of amides is 1. The van der Waals surface area contributed by atoms with Gasteiger partial charge >= 0.3 is 0 Å². The lowest BCUT2D eigenvalue weighted by atomic mass is 10.0. The zero-order valence-electron chi connectivity index (χ0n) is 16.8. The van der Waals surface area contributed by atoms with E-state index in [1.165, 1.54) is 23.1 Å². The Kier molecular flexibility index (Phi) is 6.15. The molecule has 1 amide bonds. The Bertz CT molecular complexity index is 994. The predicted octanol–water partition coefficient (Wildman–Crippen LogP) is 3.78. The summed E-state index contributed by atoms with van der Waals surface area (Å²) in [6.45, 7) is 8.63. The zero-order valence-corrected chi connectivity index (χ0v) is 18.4. The highest BCUT2D eigenvalue weighted by Crippen LogP contribution is 2.30. The minimum Gasteiger partial charge on any atom is -0.337 e. The van der Waals surface area contributed by atoms with E-state index in [9.17, 15) is 14.9 Å². The molecular weight excluding hydrogens is 392 g/mol. The molecule has 28 heavy (non-hydrogen) atoms. The van der Waals surface area contributed by atoms with Crippen molar-refractivity contribution in [3.63, 3.8) is 0 Å². The number of fused-ring (bicyclic) bond motifs is 1. The quantitative estimate of drug-likeness (QED) is 0.570. The molecule has 2 aromatic heterocycles. The molecule has 0 saturated heterocycles. The maximum atomic E-state index is 13.1. The van der Waals surface area contributed by atoms with E-state index >= 15 is 0 Å². The molecular formula is C20H26N4O2S2. The first-order chi connectivity index (χ1) is 13.3. The van der Waals surface area contributed by atoms with Crippen molar-refractivity contribution in [2.75, 3.05) is 5.75 Å². The van der Waals surface area contributed by atoms with Crippen LogP contribution >= 0.6 is 23.1 Å². The molecule has 3 rings (SSSR count). The van der Waals surface area contributed by atoms with Crippen LogP contribution in [0.25, 0.3) is 10.2 Å². The lowest BCUT2D eigenvalue weighted by Crippen LogP contribution is -2.45. The predicted molar refractivity (Wildman–Crippen MR) is 114 cm³/mol. The average molecular weight is 419 g/mol. The summed E-state index contributed by atoms with van der Waals surface area (Å²) in [6, 6.07) is 2.28. The van der Waals surface area contributed by atoms with Crippen molar-refractivity contribution in [1.29, 1.82) is 5.26 Å². The van der Waals surface area contributed by atoms with E-state index in [1.54, 1.807) is 4.57 Å². The number of rotatable bonds is 6. The molecule has 150 valence electrons. The molecule has 8 heteroatoms. The van der Waals surface area contributed by atoms with Gasteiger partial charge in [-0.25, -0.2) is 4.98 Å². The zero-order chi connectivity index (χ0) is 20.5. The van der Waals surface area contributed by atoms with Crippen LogP contribution in [0.3, 0.4) is 0 Å². The van der Waals surface area contributed by atoms with Crippen LogP contribution in [0, 0.1) is 31.1 Å². The lowest BCUT2D eigenvalue weighted by Gasteiger charge is -2.22. The Morgan fingerprint density at radius 2 is 2.07 bits per heavy atom. The van der Waals surface area contributed by atoms with E-state index in [1.807, 2.05) is 13.8 Å². The molecule has 1 saturated carbocycles. The van der Waals surface area contributed by atoms with Crippen LogP contribution in [0.15, 0.2) is 9.95 Å². The van der Waals surface area contributed by atoms with Crippen LogP contribution in [0.1, 0.15) is 50.0 Å². The minimum atomic E-state index is -0.728. The molecule has 0 unspecified atom stereocenters. The fourth-order valence-corrected chi connectivity index (χ4v) is 5.50. The highest BCUT2D eigenvalue weighted by molar-refractivity contribution is 7.99. The van der Waals surface area contributed by atoms with Crippen LogP contribution in [-0.4, -0.2) is 26.8 Å². The number of hydrogen-bond acceptors (Lipinski definition) is 6. The van der Waals surface area contributed by atoms with Crippen LogP contribution in [0.4, 0.5) is 0 Å². The second kappa shape index (κ2) is 8.26. The number of aromatic nitrogens is 2. The molecule has 2 heterocycles. The monoisotopic (exact) mass is 418 g/mol. The number of nitriles is 1. The first-order valence-corrected chi connectivity index (χ1v) is 11.4.